The van der Waals surface area contributed by atoms with Crippen LogP contribution in [0, 0.1) is 13.8 Å². The monoisotopic (exact) mass is 420 g/mol. The number of nitrogens with zero attached hydrogens (tertiary/aromatic N) is 5. The molecule has 0 aliphatic carbocycles. The van der Waals surface area contributed by atoms with Crippen LogP contribution < -0.4 is 5.32 Å². The fraction of sp³-hybridized carbons (Fsp3) is 0.318. The topological polar surface area (TPSA) is 112 Å². The Labute approximate surface area is 179 Å². The molecule has 0 bridgehead atoms. The van der Waals surface area contributed by atoms with Crippen LogP contribution in [0.15, 0.2) is 45.7 Å². The SMILES string of the molecule is Cc1ccc(-c2c(-c3cc(C)no3)cnn2CCNC(=O)c2cc(C(C)C)no2)cn1. The number of pyridine rings is 1. The second-order valence-electron chi connectivity index (χ2n) is 7.68. The highest BCUT2D eigenvalue weighted by Crippen LogP contribution is 2.32. The molecule has 31 heavy (non-hydrogen) atoms. The fourth-order valence-corrected chi connectivity index (χ4v) is 3.17. The summed E-state index contributed by atoms with van der Waals surface area (Å²) in [6, 6.07) is 7.47. The van der Waals surface area contributed by atoms with Gasteiger partial charge in [-0.1, -0.05) is 24.2 Å². The normalized spacial score (nSPS) is 11.3. The molecular formula is C22H24N6O3. The minimum absolute atomic E-state index is 0.193. The Morgan fingerprint density at radius 2 is 1.94 bits per heavy atom. The van der Waals surface area contributed by atoms with Crippen molar-refractivity contribution in [3.63, 3.8) is 0 Å². The maximum absolute atomic E-state index is 12.4. The van der Waals surface area contributed by atoms with Gasteiger partial charge in [0.1, 0.15) is 0 Å². The first-order valence-electron chi connectivity index (χ1n) is 10.1. The summed E-state index contributed by atoms with van der Waals surface area (Å²) in [6.45, 7) is 8.60. The van der Waals surface area contributed by atoms with E-state index in [1.54, 1.807) is 18.5 Å². The number of aryl methyl sites for hydroxylation is 2. The number of aromatic nitrogens is 5. The summed E-state index contributed by atoms with van der Waals surface area (Å²) >= 11 is 0. The second-order valence-corrected chi connectivity index (χ2v) is 7.68. The van der Waals surface area contributed by atoms with Gasteiger partial charge in [-0.05, 0) is 31.9 Å². The average molecular weight is 420 g/mol. The van der Waals surface area contributed by atoms with Gasteiger partial charge in [-0.25, -0.2) is 0 Å². The van der Waals surface area contributed by atoms with Crippen molar-refractivity contribution in [2.75, 3.05) is 6.54 Å². The summed E-state index contributed by atoms with van der Waals surface area (Å²) in [5.41, 5.74) is 5.02. The van der Waals surface area contributed by atoms with Crippen LogP contribution in [0.4, 0.5) is 0 Å². The second kappa shape index (κ2) is 8.55. The van der Waals surface area contributed by atoms with E-state index in [1.807, 2.05) is 50.6 Å². The number of carbonyl (C=O) groups excluding carboxylic acids is 1. The predicted octanol–water partition coefficient (Wildman–Crippen LogP) is 3.76. The van der Waals surface area contributed by atoms with Crippen LogP contribution >= 0.6 is 0 Å². The lowest BCUT2D eigenvalue weighted by molar-refractivity contribution is 0.0915. The van der Waals surface area contributed by atoms with E-state index in [0.717, 1.165) is 33.9 Å². The summed E-state index contributed by atoms with van der Waals surface area (Å²) < 4.78 is 12.4. The number of nitrogens with one attached hydrogen (secondary N) is 1. The molecule has 9 nitrogen and oxygen atoms in total. The van der Waals surface area contributed by atoms with E-state index in [1.165, 1.54) is 0 Å². The summed E-state index contributed by atoms with van der Waals surface area (Å²) in [5, 5.41) is 15.3. The van der Waals surface area contributed by atoms with Crippen LogP contribution in [0.1, 0.15) is 47.4 Å². The molecule has 4 aromatic rings. The lowest BCUT2D eigenvalue weighted by Gasteiger charge is -2.10. The van der Waals surface area contributed by atoms with Gasteiger partial charge < -0.3 is 14.4 Å². The molecule has 1 N–H and O–H groups in total. The Bertz CT molecular complexity index is 1190. The minimum atomic E-state index is -0.309. The number of carbonyl (C=O) groups is 1. The maximum Gasteiger partial charge on any atom is 0.289 e. The fourth-order valence-electron chi connectivity index (χ4n) is 3.17. The molecule has 0 saturated heterocycles. The molecule has 4 heterocycles. The van der Waals surface area contributed by atoms with E-state index in [0.29, 0.717) is 18.8 Å². The Hall–Kier alpha value is -3.75. The summed E-state index contributed by atoms with van der Waals surface area (Å²) in [7, 11) is 0. The van der Waals surface area contributed by atoms with E-state index in [-0.39, 0.29) is 17.6 Å². The third-order valence-electron chi connectivity index (χ3n) is 4.87. The smallest absolute Gasteiger partial charge is 0.289 e. The molecule has 0 spiro atoms. The summed E-state index contributed by atoms with van der Waals surface area (Å²) in [4.78, 5) is 16.8. The van der Waals surface area contributed by atoms with Gasteiger partial charge in [0, 0.05) is 36.1 Å². The van der Waals surface area contributed by atoms with Gasteiger partial charge >= 0.3 is 0 Å². The first kappa shape index (κ1) is 20.5. The van der Waals surface area contributed by atoms with Crippen molar-refractivity contribution in [2.24, 2.45) is 0 Å². The molecule has 9 heteroatoms. The zero-order chi connectivity index (χ0) is 22.0. The third kappa shape index (κ3) is 4.40. The van der Waals surface area contributed by atoms with E-state index in [9.17, 15) is 4.79 Å². The summed E-state index contributed by atoms with van der Waals surface area (Å²) in [6.07, 6.45) is 3.54. The molecule has 0 unspecified atom stereocenters. The highest BCUT2D eigenvalue weighted by atomic mass is 16.5. The van der Waals surface area contributed by atoms with E-state index in [2.05, 4.69) is 25.7 Å². The molecule has 4 aromatic heterocycles. The van der Waals surface area contributed by atoms with E-state index in [4.69, 9.17) is 9.05 Å². The average Bonchev–Trinajstić information content (AvgIpc) is 3.48. The Balaban J connectivity index is 1.54. The van der Waals surface area contributed by atoms with Crippen LogP contribution in [0.5, 0.6) is 0 Å². The number of hydrogen-bond donors (Lipinski definition) is 1. The molecule has 0 fully saturated rings. The lowest BCUT2D eigenvalue weighted by atomic mass is 10.1. The van der Waals surface area contributed by atoms with Gasteiger partial charge in [-0.2, -0.15) is 5.10 Å². The van der Waals surface area contributed by atoms with Crippen LogP contribution in [0.25, 0.3) is 22.6 Å². The molecule has 0 saturated carbocycles. The molecule has 0 radical (unpaired) electrons. The molecule has 0 atom stereocenters. The number of hydrogen-bond acceptors (Lipinski definition) is 7. The predicted molar refractivity (Wildman–Crippen MR) is 113 cm³/mol. The van der Waals surface area contributed by atoms with Gasteiger partial charge in [0.15, 0.2) is 5.76 Å². The summed E-state index contributed by atoms with van der Waals surface area (Å²) in [5.74, 6) is 0.713. The molecule has 0 aromatic carbocycles. The van der Waals surface area contributed by atoms with Gasteiger partial charge in [0.25, 0.3) is 5.91 Å². The first-order valence-corrected chi connectivity index (χ1v) is 10.1. The van der Waals surface area contributed by atoms with Gasteiger partial charge in [0.05, 0.1) is 35.4 Å². The number of rotatable bonds is 7. The molecule has 0 aliphatic rings. The molecular weight excluding hydrogens is 396 g/mol. The van der Waals surface area contributed by atoms with Crippen molar-refractivity contribution >= 4 is 5.91 Å². The van der Waals surface area contributed by atoms with Gasteiger partial charge in [-0.15, -0.1) is 0 Å². The maximum atomic E-state index is 12.4. The van der Waals surface area contributed by atoms with Crippen molar-refractivity contribution in [2.45, 2.75) is 40.2 Å². The van der Waals surface area contributed by atoms with Crippen LogP contribution in [0.2, 0.25) is 0 Å². The minimum Gasteiger partial charge on any atom is -0.356 e. The van der Waals surface area contributed by atoms with Crippen molar-refractivity contribution in [1.82, 2.24) is 30.4 Å². The van der Waals surface area contributed by atoms with Crippen molar-refractivity contribution in [3.05, 3.63) is 59.5 Å². The van der Waals surface area contributed by atoms with Crippen LogP contribution in [0.3, 0.4) is 0 Å². The largest absolute Gasteiger partial charge is 0.356 e. The standard InChI is InChI=1S/C22H24N6O3/c1-13(2)18-10-20(31-27-18)22(29)23-7-8-28-21(16-6-5-14(3)24-11-16)17(12-25-28)19-9-15(4)26-30-19/h5-6,9-13H,7-8H2,1-4H3,(H,23,29). The number of amides is 1. The zero-order valence-electron chi connectivity index (χ0n) is 17.9. The zero-order valence-corrected chi connectivity index (χ0v) is 17.9. The Morgan fingerprint density at radius 1 is 1.10 bits per heavy atom. The lowest BCUT2D eigenvalue weighted by Crippen LogP contribution is -2.27. The Kier molecular flexibility index (Phi) is 5.66. The molecule has 0 aliphatic heterocycles. The quantitative estimate of drug-likeness (QED) is 0.484. The van der Waals surface area contributed by atoms with E-state index >= 15 is 0 Å². The van der Waals surface area contributed by atoms with Gasteiger partial charge in [-0.3, -0.25) is 14.5 Å². The van der Waals surface area contributed by atoms with Crippen molar-refractivity contribution in [1.29, 1.82) is 0 Å². The Morgan fingerprint density at radius 3 is 2.58 bits per heavy atom. The highest BCUT2D eigenvalue weighted by Gasteiger charge is 2.19. The van der Waals surface area contributed by atoms with E-state index < -0.39 is 0 Å². The van der Waals surface area contributed by atoms with Gasteiger partial charge in [0.2, 0.25) is 5.76 Å². The van der Waals surface area contributed by atoms with Crippen molar-refractivity contribution < 1.29 is 13.8 Å². The van der Waals surface area contributed by atoms with Crippen LogP contribution in [-0.2, 0) is 6.54 Å². The van der Waals surface area contributed by atoms with Crippen LogP contribution in [-0.4, -0.2) is 37.5 Å². The molecule has 4 rings (SSSR count). The first-order chi connectivity index (χ1) is 14.9. The molecule has 160 valence electrons. The third-order valence-corrected chi connectivity index (χ3v) is 4.87. The van der Waals surface area contributed by atoms with Crippen molar-refractivity contribution in [3.8, 4) is 22.6 Å². The highest BCUT2D eigenvalue weighted by molar-refractivity contribution is 5.91. The molecule has 1 amide bonds.